The quantitative estimate of drug-likeness (QED) is 0.143. The molecule has 1 N–H and O–H groups in total. The van der Waals surface area contributed by atoms with Crippen LogP contribution < -0.4 is 10.2 Å². The van der Waals surface area contributed by atoms with Gasteiger partial charge in [0.2, 0.25) is 11.6 Å². The minimum absolute atomic E-state index is 0.0408. The van der Waals surface area contributed by atoms with Crippen LogP contribution in [0.25, 0.3) is 0 Å². The van der Waals surface area contributed by atoms with E-state index in [1.165, 1.54) is 19.0 Å². The normalized spacial score (nSPS) is 34.3. The van der Waals surface area contributed by atoms with Crippen LogP contribution in [0.1, 0.15) is 94.1 Å². The third-order valence-electron chi connectivity index (χ3n) is 11.8. The van der Waals surface area contributed by atoms with E-state index in [1.807, 2.05) is 0 Å². The number of benzene rings is 1. The minimum Gasteiger partial charge on any atom is -0.498 e. The molecule has 2 aliphatic heterocycles. The van der Waals surface area contributed by atoms with Crippen molar-refractivity contribution in [2.24, 2.45) is 17.8 Å². The van der Waals surface area contributed by atoms with Crippen LogP contribution in [0, 0.1) is 17.8 Å². The van der Waals surface area contributed by atoms with Crippen molar-refractivity contribution in [3.63, 3.8) is 0 Å². The van der Waals surface area contributed by atoms with Gasteiger partial charge in [0.05, 0.1) is 22.7 Å². The standard InChI is InChI=1S/C39H51Cl3N2O11/c1-19-17-25-23(21(3)31(41)42)16-15-20(2)39(25,50)30(29(19)51-22(4)45)52-32(46)27-18-38(54-35(49)53-37(8,9)10)24-13-12-14-26(40)28(24)43(11)55-33(38)44(27,34(47)48)36(5,6)7/h12-14,17,20,23,25,27,29-30,33,50H,15-16,18H2,1-11H3/t20-,23+,25+,27+,29?,30+,33-,38-,39-,44?/m1/s1. The van der Waals surface area contributed by atoms with Gasteiger partial charge in [0.25, 0.3) is 12.3 Å². The molecule has 55 heavy (non-hydrogen) atoms. The number of likely N-dealkylation sites (tertiary alicyclic amines) is 1. The summed E-state index contributed by atoms with van der Waals surface area (Å²) in [6, 6.07) is 3.09. The van der Waals surface area contributed by atoms with Gasteiger partial charge in [-0.05, 0) is 97.3 Å². The average Bonchev–Trinajstić information content (AvgIpc) is 3.35. The average molecular weight is 830 g/mol. The summed E-state index contributed by atoms with van der Waals surface area (Å²) in [5.41, 5.74) is -4.67. The van der Waals surface area contributed by atoms with E-state index in [9.17, 15) is 24.6 Å². The van der Waals surface area contributed by atoms with Crippen molar-refractivity contribution in [3.05, 3.63) is 50.5 Å². The summed E-state index contributed by atoms with van der Waals surface area (Å²) in [5, 5.41) is 28.3. The highest BCUT2D eigenvalue weighted by Gasteiger charge is 2.77. The number of nitrogens with zero attached hydrogens (tertiary/aromatic N) is 2. The van der Waals surface area contributed by atoms with Crippen molar-refractivity contribution in [1.82, 2.24) is 0 Å². The first-order chi connectivity index (χ1) is 25.2. The summed E-state index contributed by atoms with van der Waals surface area (Å²) in [4.78, 5) is 61.8. The lowest BCUT2D eigenvalue weighted by Crippen LogP contribution is -2.77. The second-order valence-corrected chi connectivity index (χ2v) is 18.6. The molecule has 10 atom stereocenters. The molecule has 1 amide bonds. The lowest BCUT2D eigenvalue weighted by molar-refractivity contribution is -0.967. The van der Waals surface area contributed by atoms with Gasteiger partial charge in [0.1, 0.15) is 15.7 Å². The maximum Gasteiger partial charge on any atom is 0.510 e. The topological polar surface area (TPSA) is 161 Å². The fourth-order valence-corrected chi connectivity index (χ4v) is 9.90. The maximum absolute atomic E-state index is 15.2. The molecule has 2 fully saturated rings. The first kappa shape index (κ1) is 43.1. The monoisotopic (exact) mass is 828 g/mol. The van der Waals surface area contributed by atoms with Gasteiger partial charge < -0.3 is 34.0 Å². The van der Waals surface area contributed by atoms with Crippen molar-refractivity contribution in [2.45, 2.75) is 135 Å². The number of ether oxygens (including phenoxy) is 4. The van der Waals surface area contributed by atoms with E-state index in [2.05, 4.69) is 0 Å². The SMILES string of the molecule is CC(=O)OC1C(C)=C[C@H]2[C@H](C(C)=C(Cl)Cl)CC[C@@H](C)[C@]2(O)[C@H]1OC(=O)[C@@H]1C[C@@]2(OC(=O)OC(C)(C)C)c3cccc(Cl)c3N(C)O[C@H]2[N+]1(C(=O)[O-])C(C)(C)C. The number of para-hydroxylation sites is 1. The number of hydroxylamine groups is 1. The minimum atomic E-state index is -2.02. The highest BCUT2D eigenvalue weighted by molar-refractivity contribution is 6.56. The first-order valence-corrected chi connectivity index (χ1v) is 19.4. The number of amides is 1. The fourth-order valence-electron chi connectivity index (χ4n) is 9.33. The van der Waals surface area contributed by atoms with Gasteiger partial charge in [-0.25, -0.2) is 24.0 Å². The molecule has 1 aromatic carbocycles. The molecule has 4 aliphatic rings. The van der Waals surface area contributed by atoms with Crippen LogP contribution in [0.15, 0.2) is 39.9 Å². The predicted molar refractivity (Wildman–Crippen MR) is 201 cm³/mol. The lowest BCUT2D eigenvalue weighted by atomic mass is 9.56. The molecule has 0 spiro atoms. The van der Waals surface area contributed by atoms with Gasteiger partial charge >= 0.3 is 18.1 Å². The Bertz CT molecular complexity index is 1820. The molecule has 2 unspecified atom stereocenters. The molecule has 1 aromatic rings. The van der Waals surface area contributed by atoms with Gasteiger partial charge in [-0.3, -0.25) is 4.79 Å². The van der Waals surface area contributed by atoms with Crippen molar-refractivity contribution in [2.75, 3.05) is 12.1 Å². The van der Waals surface area contributed by atoms with Crippen molar-refractivity contribution in [1.29, 1.82) is 0 Å². The Labute approximate surface area is 336 Å². The van der Waals surface area contributed by atoms with Crippen molar-refractivity contribution in [3.8, 4) is 0 Å². The van der Waals surface area contributed by atoms with Gasteiger partial charge in [-0.15, -0.1) is 0 Å². The van der Waals surface area contributed by atoms with E-state index in [1.54, 1.807) is 86.6 Å². The number of fused-ring (bicyclic) bond motifs is 4. The molecule has 2 heterocycles. The first-order valence-electron chi connectivity index (χ1n) is 18.3. The third kappa shape index (κ3) is 7.01. The Morgan fingerprint density at radius 1 is 1.05 bits per heavy atom. The van der Waals surface area contributed by atoms with E-state index in [0.29, 0.717) is 24.0 Å². The number of rotatable bonds is 5. The number of esters is 2. The highest BCUT2D eigenvalue weighted by atomic mass is 35.5. The predicted octanol–water partition coefficient (Wildman–Crippen LogP) is 6.83. The fraction of sp³-hybridized carbons (Fsp3) is 0.641. The molecule has 16 heteroatoms. The summed E-state index contributed by atoms with van der Waals surface area (Å²) in [6.45, 7) is 16.1. The van der Waals surface area contributed by atoms with E-state index >= 15 is 4.79 Å². The zero-order valence-electron chi connectivity index (χ0n) is 33.0. The Morgan fingerprint density at radius 3 is 2.24 bits per heavy atom. The van der Waals surface area contributed by atoms with Gasteiger partial charge in [-0.1, -0.05) is 59.9 Å². The van der Waals surface area contributed by atoms with Gasteiger partial charge in [-0.2, -0.15) is 0 Å². The number of aliphatic hydroxyl groups is 1. The zero-order chi connectivity index (χ0) is 41.4. The molecular formula is C39H51Cl3N2O11. The Kier molecular flexibility index (Phi) is 11.5. The largest absolute Gasteiger partial charge is 0.510 e. The van der Waals surface area contributed by atoms with Gasteiger partial charge in [0, 0.05) is 25.5 Å². The Hall–Kier alpha value is -3.07. The lowest BCUT2D eigenvalue weighted by Gasteiger charge is -2.56. The van der Waals surface area contributed by atoms with E-state index < -0.39 is 93.7 Å². The summed E-state index contributed by atoms with van der Waals surface area (Å²) < 4.78 is 22.7. The van der Waals surface area contributed by atoms with E-state index in [-0.39, 0.29) is 26.7 Å². The van der Waals surface area contributed by atoms with Crippen LogP contribution in [0.2, 0.25) is 5.02 Å². The zero-order valence-corrected chi connectivity index (χ0v) is 35.3. The molecule has 2 aliphatic carbocycles. The second kappa shape index (κ2) is 14.7. The number of carbonyl (C=O) groups excluding carboxylic acids is 4. The second-order valence-electron chi connectivity index (χ2n) is 17.2. The summed E-state index contributed by atoms with van der Waals surface area (Å²) in [7, 11) is 1.52. The van der Waals surface area contributed by atoms with Crippen LogP contribution in [0.5, 0.6) is 0 Å². The van der Waals surface area contributed by atoms with Crippen molar-refractivity contribution < 1.29 is 57.7 Å². The number of halogens is 3. The smallest absolute Gasteiger partial charge is 0.498 e. The summed E-state index contributed by atoms with van der Waals surface area (Å²) in [5.74, 6) is -3.39. The third-order valence-corrected chi connectivity index (χ3v) is 12.7. The molecular weight excluding hydrogens is 779 g/mol. The Balaban J connectivity index is 1.74. The number of allylic oxidation sites excluding steroid dienone is 1. The molecule has 0 radical (unpaired) electrons. The van der Waals surface area contributed by atoms with Gasteiger partial charge in [0.15, 0.2) is 12.2 Å². The summed E-state index contributed by atoms with van der Waals surface area (Å²) in [6.07, 6.45) is -4.98. The Morgan fingerprint density at radius 2 is 1.69 bits per heavy atom. The molecule has 1 saturated heterocycles. The number of carboxylic acid groups (broad SMARTS) is 1. The van der Waals surface area contributed by atoms with Crippen LogP contribution in [0.4, 0.5) is 15.3 Å². The van der Waals surface area contributed by atoms with E-state index in [0.717, 1.165) is 0 Å². The molecule has 1 saturated carbocycles. The maximum atomic E-state index is 15.2. The number of anilines is 1. The summed E-state index contributed by atoms with van der Waals surface area (Å²) >= 11 is 19.2. The number of hydrogen-bond donors (Lipinski definition) is 1. The molecule has 0 bridgehead atoms. The molecule has 304 valence electrons. The van der Waals surface area contributed by atoms with Crippen molar-refractivity contribution >= 4 is 64.7 Å². The van der Waals surface area contributed by atoms with Crippen LogP contribution in [-0.4, -0.2) is 82.0 Å². The highest BCUT2D eigenvalue weighted by Crippen LogP contribution is 2.60. The van der Waals surface area contributed by atoms with E-state index in [4.69, 9.17) is 58.6 Å². The molecule has 0 aromatic heterocycles. The van der Waals surface area contributed by atoms with Crippen LogP contribution in [-0.2, 0) is 39.0 Å². The number of hydrogen-bond acceptors (Lipinski definition) is 12. The number of carbonyl (C=O) groups is 4. The van der Waals surface area contributed by atoms with Crippen LogP contribution in [0.3, 0.4) is 0 Å². The number of quaternary nitrogens is 1. The molecule has 5 rings (SSSR count). The van der Waals surface area contributed by atoms with Crippen LogP contribution >= 0.6 is 34.8 Å². The molecule has 13 nitrogen and oxygen atoms in total.